The number of thiazole rings is 1. The number of nitrogens with one attached hydrogen (secondary N) is 1. The highest BCUT2D eigenvalue weighted by Crippen LogP contribution is 2.30. The Balaban J connectivity index is 1.85. The van der Waals surface area contributed by atoms with Crippen molar-refractivity contribution in [1.29, 1.82) is 0 Å². The highest BCUT2D eigenvalue weighted by Gasteiger charge is 2.12. The average molecular weight is 293 g/mol. The molecule has 3 aromatic rings. The summed E-state index contributed by atoms with van der Waals surface area (Å²) in [6.45, 7) is 3.99. The van der Waals surface area contributed by atoms with E-state index in [0.29, 0.717) is 5.02 Å². The van der Waals surface area contributed by atoms with Gasteiger partial charge in [0.1, 0.15) is 11.5 Å². The summed E-state index contributed by atoms with van der Waals surface area (Å²) < 4.78 is 6.72. The van der Waals surface area contributed by atoms with E-state index in [2.05, 4.69) is 17.2 Å². The fourth-order valence-electron chi connectivity index (χ4n) is 1.90. The number of furan rings is 1. The van der Waals surface area contributed by atoms with E-state index in [9.17, 15) is 0 Å². The van der Waals surface area contributed by atoms with Crippen LogP contribution in [0.5, 0.6) is 0 Å². The second-order valence-corrected chi connectivity index (χ2v) is 5.91. The minimum atomic E-state index is 0.0877. The van der Waals surface area contributed by atoms with Gasteiger partial charge in [0, 0.05) is 5.02 Å². The van der Waals surface area contributed by atoms with Gasteiger partial charge >= 0.3 is 0 Å². The Labute approximate surface area is 120 Å². The highest BCUT2D eigenvalue weighted by molar-refractivity contribution is 7.22. The van der Waals surface area contributed by atoms with Gasteiger partial charge in [-0.3, -0.25) is 0 Å². The SMILES string of the molecule is Cc1ccc(C(C)Nc2nc3cc(Cl)ccc3s2)o1. The molecule has 1 unspecified atom stereocenters. The molecule has 0 amide bonds. The molecule has 1 N–H and O–H groups in total. The maximum Gasteiger partial charge on any atom is 0.184 e. The van der Waals surface area contributed by atoms with Gasteiger partial charge < -0.3 is 9.73 Å². The number of anilines is 1. The quantitative estimate of drug-likeness (QED) is 0.736. The second kappa shape index (κ2) is 4.87. The molecule has 0 saturated carbocycles. The molecule has 2 aromatic heterocycles. The lowest BCUT2D eigenvalue weighted by Gasteiger charge is -2.09. The Morgan fingerprint density at radius 3 is 2.89 bits per heavy atom. The van der Waals surface area contributed by atoms with Crippen molar-refractivity contribution >= 4 is 38.3 Å². The van der Waals surface area contributed by atoms with Crippen molar-refractivity contribution in [2.75, 3.05) is 5.32 Å². The lowest BCUT2D eigenvalue weighted by molar-refractivity contribution is 0.467. The van der Waals surface area contributed by atoms with Gasteiger partial charge in [-0.15, -0.1) is 0 Å². The molecule has 3 nitrogen and oxygen atoms in total. The Kier molecular flexibility index (Phi) is 3.21. The molecule has 0 aliphatic carbocycles. The molecule has 2 heterocycles. The summed E-state index contributed by atoms with van der Waals surface area (Å²) >= 11 is 7.57. The van der Waals surface area contributed by atoms with E-state index < -0.39 is 0 Å². The molecule has 0 saturated heterocycles. The van der Waals surface area contributed by atoms with E-state index in [-0.39, 0.29) is 6.04 Å². The molecule has 5 heteroatoms. The molecule has 0 fully saturated rings. The van der Waals surface area contributed by atoms with Crippen LogP contribution in [0.1, 0.15) is 24.5 Å². The standard InChI is InChI=1S/C14H13ClN2OS/c1-8-3-5-12(18-8)9(2)16-14-17-11-7-10(15)4-6-13(11)19-14/h3-7,9H,1-2H3,(H,16,17). The zero-order valence-electron chi connectivity index (χ0n) is 10.6. The molecule has 0 bridgehead atoms. The Morgan fingerprint density at radius 1 is 1.32 bits per heavy atom. The third kappa shape index (κ3) is 2.60. The molecule has 1 atom stereocenters. The summed E-state index contributed by atoms with van der Waals surface area (Å²) in [5.41, 5.74) is 0.919. The molecule has 98 valence electrons. The van der Waals surface area contributed by atoms with E-state index >= 15 is 0 Å². The monoisotopic (exact) mass is 292 g/mol. The van der Waals surface area contributed by atoms with Crippen LogP contribution in [-0.2, 0) is 0 Å². The first-order valence-corrected chi connectivity index (χ1v) is 7.20. The van der Waals surface area contributed by atoms with Crippen LogP contribution < -0.4 is 5.32 Å². The molecule has 3 rings (SSSR count). The third-order valence-corrected chi connectivity index (χ3v) is 4.08. The fourth-order valence-corrected chi connectivity index (χ4v) is 3.00. The lowest BCUT2D eigenvalue weighted by Crippen LogP contribution is -2.04. The van der Waals surface area contributed by atoms with Gasteiger partial charge in [-0.05, 0) is 44.2 Å². The van der Waals surface area contributed by atoms with Crippen LogP contribution >= 0.6 is 22.9 Å². The second-order valence-electron chi connectivity index (χ2n) is 4.45. The van der Waals surface area contributed by atoms with Gasteiger partial charge in [0.05, 0.1) is 16.3 Å². The number of aromatic nitrogens is 1. The summed E-state index contributed by atoms with van der Waals surface area (Å²) in [7, 11) is 0. The molecule has 19 heavy (non-hydrogen) atoms. The first kappa shape index (κ1) is 12.5. The van der Waals surface area contributed by atoms with Crippen LogP contribution in [0.4, 0.5) is 5.13 Å². The van der Waals surface area contributed by atoms with Crippen LogP contribution in [0.15, 0.2) is 34.7 Å². The predicted molar refractivity (Wildman–Crippen MR) is 80.1 cm³/mol. The number of halogens is 1. The normalized spacial score (nSPS) is 12.8. The van der Waals surface area contributed by atoms with Crippen LogP contribution in [0.3, 0.4) is 0 Å². The smallest absolute Gasteiger partial charge is 0.184 e. The summed E-state index contributed by atoms with van der Waals surface area (Å²) in [6, 6.07) is 9.78. The van der Waals surface area contributed by atoms with Gasteiger partial charge in [0.15, 0.2) is 5.13 Å². The van der Waals surface area contributed by atoms with Gasteiger partial charge in [-0.1, -0.05) is 22.9 Å². The number of fused-ring (bicyclic) bond motifs is 1. The molecule has 0 spiro atoms. The Bertz CT molecular complexity index is 719. The first-order chi connectivity index (χ1) is 9.11. The molecule has 0 aliphatic heterocycles. The van der Waals surface area contributed by atoms with Crippen LogP contribution in [0.25, 0.3) is 10.2 Å². The van der Waals surface area contributed by atoms with E-state index in [1.54, 1.807) is 11.3 Å². The number of aryl methyl sites for hydroxylation is 1. The molecular weight excluding hydrogens is 280 g/mol. The van der Waals surface area contributed by atoms with Crippen molar-refractivity contribution in [2.24, 2.45) is 0 Å². The van der Waals surface area contributed by atoms with Gasteiger partial charge in [-0.25, -0.2) is 4.98 Å². The van der Waals surface area contributed by atoms with Gasteiger partial charge in [0.25, 0.3) is 0 Å². The van der Waals surface area contributed by atoms with Crippen molar-refractivity contribution in [1.82, 2.24) is 4.98 Å². The van der Waals surface area contributed by atoms with Crippen LogP contribution in [-0.4, -0.2) is 4.98 Å². The average Bonchev–Trinajstić information content (AvgIpc) is 2.94. The van der Waals surface area contributed by atoms with Crippen molar-refractivity contribution in [3.8, 4) is 0 Å². The largest absolute Gasteiger partial charge is 0.464 e. The van der Waals surface area contributed by atoms with Crippen molar-refractivity contribution in [3.63, 3.8) is 0 Å². The topological polar surface area (TPSA) is 38.1 Å². The molecule has 1 aromatic carbocycles. The summed E-state index contributed by atoms with van der Waals surface area (Å²) in [5, 5.41) is 4.93. The minimum absolute atomic E-state index is 0.0877. The summed E-state index contributed by atoms with van der Waals surface area (Å²) in [5.74, 6) is 1.83. The molecular formula is C14H13ClN2OS. The summed E-state index contributed by atoms with van der Waals surface area (Å²) in [6.07, 6.45) is 0. The maximum atomic E-state index is 5.96. The maximum absolute atomic E-state index is 5.96. The van der Waals surface area contributed by atoms with E-state index in [1.165, 1.54) is 0 Å². The van der Waals surface area contributed by atoms with Gasteiger partial charge in [-0.2, -0.15) is 0 Å². The number of rotatable bonds is 3. The first-order valence-electron chi connectivity index (χ1n) is 6.01. The van der Waals surface area contributed by atoms with E-state index in [1.807, 2.05) is 37.3 Å². The number of benzene rings is 1. The summed E-state index contributed by atoms with van der Waals surface area (Å²) in [4.78, 5) is 4.53. The van der Waals surface area contributed by atoms with Crippen molar-refractivity contribution in [3.05, 3.63) is 46.9 Å². The molecule has 0 radical (unpaired) electrons. The number of nitrogens with zero attached hydrogens (tertiary/aromatic N) is 1. The highest BCUT2D eigenvalue weighted by atomic mass is 35.5. The predicted octanol–water partition coefficient (Wildman–Crippen LogP) is 5.02. The van der Waals surface area contributed by atoms with Crippen molar-refractivity contribution in [2.45, 2.75) is 19.9 Å². The van der Waals surface area contributed by atoms with Crippen LogP contribution in [0.2, 0.25) is 5.02 Å². The fraction of sp³-hybridized carbons (Fsp3) is 0.214. The number of hydrogen-bond acceptors (Lipinski definition) is 4. The Morgan fingerprint density at radius 2 is 2.16 bits per heavy atom. The zero-order valence-corrected chi connectivity index (χ0v) is 12.2. The number of hydrogen-bond donors (Lipinski definition) is 1. The lowest BCUT2D eigenvalue weighted by atomic mass is 10.2. The third-order valence-electron chi connectivity index (χ3n) is 2.88. The van der Waals surface area contributed by atoms with E-state index in [4.69, 9.17) is 16.0 Å². The zero-order chi connectivity index (χ0) is 13.4. The minimum Gasteiger partial charge on any atom is -0.464 e. The van der Waals surface area contributed by atoms with Gasteiger partial charge in [0.2, 0.25) is 0 Å². The van der Waals surface area contributed by atoms with Crippen molar-refractivity contribution < 1.29 is 4.42 Å². The van der Waals surface area contributed by atoms with E-state index in [0.717, 1.165) is 26.9 Å². The Hall–Kier alpha value is -1.52. The molecule has 0 aliphatic rings. The van der Waals surface area contributed by atoms with Crippen LogP contribution in [0, 0.1) is 6.92 Å².